The molecule has 9 heteroatoms. The average molecular weight is 539 g/mol. The van der Waals surface area contributed by atoms with E-state index in [-0.39, 0.29) is 5.69 Å². The number of hydrogen-bond acceptors (Lipinski definition) is 4. The van der Waals surface area contributed by atoms with Gasteiger partial charge in [-0.25, -0.2) is 9.59 Å². The van der Waals surface area contributed by atoms with E-state index in [4.69, 9.17) is 0 Å². The molecule has 0 saturated carbocycles. The predicted octanol–water partition coefficient (Wildman–Crippen LogP) is 4.07. The van der Waals surface area contributed by atoms with E-state index in [0.29, 0.717) is 16.7 Å². The van der Waals surface area contributed by atoms with Gasteiger partial charge in [-0.1, -0.05) is 24.3 Å². The molecule has 0 amide bonds. The molecule has 0 aliphatic rings. The fourth-order valence-corrected chi connectivity index (χ4v) is 4.62. The quantitative estimate of drug-likeness (QED) is 0.275. The van der Waals surface area contributed by atoms with E-state index in [0.717, 1.165) is 27.6 Å². The molecule has 3 heterocycles. The van der Waals surface area contributed by atoms with Gasteiger partial charge in [-0.2, -0.15) is 5.10 Å². The topological polar surface area (TPSA) is 94.9 Å². The normalized spacial score (nSPS) is 12.5. The number of carbonyl (C=O) groups is 1. The number of pyridine rings is 1. The summed E-state index contributed by atoms with van der Waals surface area (Å²) < 4.78 is 3.66. The number of fused-ring (bicyclic) bond motifs is 2. The second kappa shape index (κ2) is 7.59. The number of carboxylic acids is 1. The third kappa shape index (κ3) is 3.03. The van der Waals surface area contributed by atoms with Crippen LogP contribution in [0.25, 0.3) is 38.8 Å². The Hall–Kier alpha value is -3.47. The molecule has 5 aromatic rings. The molecule has 1 atom stereocenters. The van der Waals surface area contributed by atoms with Gasteiger partial charge in [0, 0.05) is 24.2 Å². The van der Waals surface area contributed by atoms with Crippen LogP contribution in [0.5, 0.6) is 0 Å². The first-order valence-corrected chi connectivity index (χ1v) is 11.1. The Labute approximate surface area is 195 Å². The van der Waals surface area contributed by atoms with E-state index >= 15 is 0 Å². The zero-order valence-corrected chi connectivity index (χ0v) is 19.4. The molecule has 5 rings (SSSR count). The molecular formula is C23H18IN5O3. The lowest BCUT2D eigenvalue weighted by molar-refractivity contribution is -0.137. The van der Waals surface area contributed by atoms with Gasteiger partial charge in [0.05, 0.1) is 34.6 Å². The van der Waals surface area contributed by atoms with Crippen molar-refractivity contribution in [1.29, 1.82) is 0 Å². The molecular weight excluding hydrogens is 521 g/mol. The number of rotatable bonds is 4. The molecule has 2 aromatic carbocycles. The molecule has 160 valence electrons. The first kappa shape index (κ1) is 20.4. The standard InChI is InChI=1S/C23H18IN5O3/c1-13-4-3-5-18-20(13)28(23(32)29(18)21(24)22(30)31)15-8-6-14(7-9-15)16-10-25-12-19-17(16)11-26-27(19)2/h3-12,21H,1-2H3,(H,30,31). The van der Waals surface area contributed by atoms with Crippen molar-refractivity contribution in [2.45, 2.75) is 11.0 Å². The minimum atomic E-state index is -1.07. The molecule has 0 bridgehead atoms. The van der Waals surface area contributed by atoms with Gasteiger partial charge in [-0.15, -0.1) is 0 Å². The molecule has 0 aliphatic carbocycles. The summed E-state index contributed by atoms with van der Waals surface area (Å²) in [7, 11) is 1.87. The number of alkyl halides is 1. The van der Waals surface area contributed by atoms with Crippen molar-refractivity contribution in [1.82, 2.24) is 23.9 Å². The first-order chi connectivity index (χ1) is 15.4. The highest BCUT2D eigenvalue weighted by Crippen LogP contribution is 2.30. The lowest BCUT2D eigenvalue weighted by Gasteiger charge is -2.08. The van der Waals surface area contributed by atoms with Crippen molar-refractivity contribution in [2.75, 3.05) is 0 Å². The maximum Gasteiger partial charge on any atom is 0.337 e. The summed E-state index contributed by atoms with van der Waals surface area (Å²) in [5, 5.41) is 14.8. The minimum absolute atomic E-state index is 0.389. The monoisotopic (exact) mass is 539 g/mol. The molecule has 1 N–H and O–H groups in total. The Morgan fingerprint density at radius 2 is 1.81 bits per heavy atom. The van der Waals surface area contributed by atoms with Crippen LogP contribution in [-0.2, 0) is 11.8 Å². The molecule has 0 aliphatic heterocycles. The van der Waals surface area contributed by atoms with Gasteiger partial charge >= 0.3 is 11.7 Å². The molecule has 0 radical (unpaired) electrons. The maximum atomic E-state index is 13.4. The Bertz CT molecular complexity index is 1560. The summed E-state index contributed by atoms with van der Waals surface area (Å²) in [6, 6.07) is 13.1. The van der Waals surface area contributed by atoms with E-state index in [1.165, 1.54) is 4.57 Å². The van der Waals surface area contributed by atoms with E-state index in [9.17, 15) is 14.7 Å². The summed E-state index contributed by atoms with van der Waals surface area (Å²) >= 11 is 1.77. The van der Waals surface area contributed by atoms with Crippen molar-refractivity contribution >= 4 is 50.5 Å². The zero-order chi connectivity index (χ0) is 22.6. The molecule has 0 spiro atoms. The number of aromatic nitrogens is 5. The maximum absolute atomic E-state index is 13.4. The van der Waals surface area contributed by atoms with Crippen LogP contribution < -0.4 is 5.69 Å². The van der Waals surface area contributed by atoms with Crippen LogP contribution in [0.15, 0.2) is 65.8 Å². The van der Waals surface area contributed by atoms with Gasteiger partial charge in [0.25, 0.3) is 0 Å². The summed E-state index contributed by atoms with van der Waals surface area (Å²) in [6.45, 7) is 1.91. The summed E-state index contributed by atoms with van der Waals surface area (Å²) in [6.07, 6.45) is 5.39. The number of halogens is 1. The molecule has 1 unspecified atom stereocenters. The molecule has 8 nitrogen and oxygen atoms in total. The Kier molecular flexibility index (Phi) is 4.85. The van der Waals surface area contributed by atoms with Gasteiger partial charge in [0.1, 0.15) is 0 Å². The lowest BCUT2D eigenvalue weighted by atomic mass is 10.0. The third-order valence-electron chi connectivity index (χ3n) is 5.64. The van der Waals surface area contributed by atoms with Crippen LogP contribution in [0.2, 0.25) is 0 Å². The fourth-order valence-electron chi connectivity index (χ4n) is 4.08. The van der Waals surface area contributed by atoms with Crippen LogP contribution >= 0.6 is 22.6 Å². The van der Waals surface area contributed by atoms with Gasteiger partial charge in [0.15, 0.2) is 4.05 Å². The number of aliphatic carboxylic acids is 1. The fraction of sp³-hybridized carbons (Fsp3) is 0.130. The highest BCUT2D eigenvalue weighted by atomic mass is 127. The van der Waals surface area contributed by atoms with Crippen molar-refractivity contribution < 1.29 is 9.90 Å². The number of para-hydroxylation sites is 1. The number of imidazole rings is 1. The third-order valence-corrected chi connectivity index (χ3v) is 6.73. The minimum Gasteiger partial charge on any atom is -0.479 e. The number of hydrogen-bond donors (Lipinski definition) is 1. The average Bonchev–Trinajstić information content (AvgIpc) is 3.31. The van der Waals surface area contributed by atoms with Crippen LogP contribution in [0.1, 0.15) is 9.61 Å². The van der Waals surface area contributed by atoms with Crippen LogP contribution in [0, 0.1) is 6.92 Å². The smallest absolute Gasteiger partial charge is 0.337 e. The Balaban J connectivity index is 1.69. The van der Waals surface area contributed by atoms with Crippen molar-refractivity contribution in [3.63, 3.8) is 0 Å². The van der Waals surface area contributed by atoms with E-state index in [1.54, 1.807) is 50.3 Å². The van der Waals surface area contributed by atoms with Crippen LogP contribution in [-0.4, -0.2) is 35.0 Å². The summed E-state index contributed by atoms with van der Waals surface area (Å²) in [4.78, 5) is 29.3. The summed E-state index contributed by atoms with van der Waals surface area (Å²) in [5.74, 6) is -1.07. The lowest BCUT2D eigenvalue weighted by Crippen LogP contribution is -2.27. The number of aryl methyl sites for hydroxylation is 2. The molecule has 0 saturated heterocycles. The van der Waals surface area contributed by atoms with Gasteiger partial charge < -0.3 is 5.11 Å². The van der Waals surface area contributed by atoms with E-state index in [1.807, 2.05) is 56.6 Å². The highest BCUT2D eigenvalue weighted by Gasteiger charge is 2.24. The van der Waals surface area contributed by atoms with E-state index in [2.05, 4.69) is 10.1 Å². The predicted molar refractivity (Wildman–Crippen MR) is 130 cm³/mol. The Morgan fingerprint density at radius 1 is 1.06 bits per heavy atom. The van der Waals surface area contributed by atoms with Gasteiger partial charge in [-0.05, 0) is 58.8 Å². The molecule has 0 fully saturated rings. The number of carboxylic acid groups (broad SMARTS) is 1. The first-order valence-electron chi connectivity index (χ1n) is 9.84. The Morgan fingerprint density at radius 3 is 2.53 bits per heavy atom. The number of nitrogens with zero attached hydrogens (tertiary/aromatic N) is 5. The highest BCUT2D eigenvalue weighted by molar-refractivity contribution is 14.1. The zero-order valence-electron chi connectivity index (χ0n) is 17.2. The van der Waals surface area contributed by atoms with E-state index < -0.39 is 10.0 Å². The van der Waals surface area contributed by atoms with Crippen LogP contribution in [0.3, 0.4) is 0 Å². The SMILES string of the molecule is Cc1cccc2c1n(-c1ccc(-c3cncc4c3cnn4C)cc1)c(=O)n2C(I)C(=O)O. The van der Waals surface area contributed by atoms with Gasteiger partial charge in [0.2, 0.25) is 0 Å². The molecule has 32 heavy (non-hydrogen) atoms. The van der Waals surface area contributed by atoms with Crippen molar-refractivity contribution in [2.24, 2.45) is 7.05 Å². The molecule has 3 aromatic heterocycles. The van der Waals surface area contributed by atoms with Gasteiger partial charge in [-0.3, -0.25) is 18.8 Å². The second-order valence-electron chi connectivity index (χ2n) is 7.54. The van der Waals surface area contributed by atoms with Crippen molar-refractivity contribution in [3.8, 4) is 16.8 Å². The summed E-state index contributed by atoms with van der Waals surface area (Å²) in [5.41, 5.74) is 5.28. The second-order valence-corrected chi connectivity index (χ2v) is 8.72. The van der Waals surface area contributed by atoms with Crippen molar-refractivity contribution in [3.05, 3.63) is 77.1 Å². The van der Waals surface area contributed by atoms with Crippen LogP contribution in [0.4, 0.5) is 0 Å². The largest absolute Gasteiger partial charge is 0.479 e. The number of benzene rings is 2.